The second-order valence-electron chi connectivity index (χ2n) is 6.35. The first kappa shape index (κ1) is 17.2. The van der Waals surface area contributed by atoms with Gasteiger partial charge in [-0.1, -0.05) is 29.3 Å². The number of pyridine rings is 2. The Labute approximate surface area is 170 Å². The summed E-state index contributed by atoms with van der Waals surface area (Å²) in [5.74, 6) is 1.76. The number of nitrogens with one attached hydrogen (secondary N) is 1. The quantitative estimate of drug-likeness (QED) is 0.533. The van der Waals surface area contributed by atoms with Gasteiger partial charge in [0.2, 0.25) is 0 Å². The highest BCUT2D eigenvalue weighted by Crippen LogP contribution is 2.42. The summed E-state index contributed by atoms with van der Waals surface area (Å²) in [6.45, 7) is 1.59. The van der Waals surface area contributed by atoms with Crippen LogP contribution < -0.4 is 10.9 Å². The number of fused-ring (bicyclic) bond motifs is 3. The molecule has 0 saturated heterocycles. The molecule has 1 aromatic carbocycles. The number of hydrogen-bond donors (Lipinski definition) is 1. The summed E-state index contributed by atoms with van der Waals surface area (Å²) in [5, 5.41) is 4.64. The monoisotopic (exact) mass is 408 g/mol. The van der Waals surface area contributed by atoms with Gasteiger partial charge in [-0.3, -0.25) is 4.98 Å². The fourth-order valence-electron chi connectivity index (χ4n) is 3.39. The third kappa shape index (κ3) is 2.91. The largest absolute Gasteiger partial charge is 0.369 e. The lowest BCUT2D eigenvalue weighted by Crippen LogP contribution is -2.17. The molecule has 8 heteroatoms. The maximum Gasteiger partial charge on any atom is 0.251 e. The van der Waals surface area contributed by atoms with E-state index in [1.54, 1.807) is 18.6 Å². The predicted octanol–water partition coefficient (Wildman–Crippen LogP) is 4.41. The van der Waals surface area contributed by atoms with E-state index in [9.17, 15) is 0 Å². The van der Waals surface area contributed by atoms with E-state index in [-0.39, 0.29) is 0 Å². The zero-order chi connectivity index (χ0) is 19.1. The van der Waals surface area contributed by atoms with Gasteiger partial charge in [-0.2, -0.15) is 4.98 Å². The molecular weight excluding hydrogens is 395 g/mol. The van der Waals surface area contributed by atoms with Crippen molar-refractivity contribution >= 4 is 34.7 Å². The van der Waals surface area contributed by atoms with Gasteiger partial charge in [0.25, 0.3) is 5.62 Å². The van der Waals surface area contributed by atoms with E-state index < -0.39 is 0 Å². The zero-order valence-corrected chi connectivity index (χ0v) is 16.1. The SMILES string of the molecule is Clc1cccc(Cl)c1-c1cc2cnc(=Nc3ccncc3)nc-2n2c1NCC2. The van der Waals surface area contributed by atoms with Crippen LogP contribution in [0.3, 0.4) is 0 Å². The van der Waals surface area contributed by atoms with Gasteiger partial charge in [-0.15, -0.1) is 0 Å². The Morgan fingerprint density at radius 1 is 1.07 bits per heavy atom. The van der Waals surface area contributed by atoms with E-state index in [0.717, 1.165) is 47.1 Å². The number of benzene rings is 1. The Morgan fingerprint density at radius 2 is 1.86 bits per heavy atom. The third-order valence-electron chi connectivity index (χ3n) is 4.62. The summed E-state index contributed by atoms with van der Waals surface area (Å²) in [4.78, 5) is 17.6. The molecule has 0 radical (unpaired) electrons. The fraction of sp³-hybridized carbons (Fsp3) is 0.100. The maximum absolute atomic E-state index is 6.46. The molecule has 3 aliphatic rings. The average Bonchev–Trinajstić information content (AvgIpc) is 3.19. The van der Waals surface area contributed by atoms with E-state index in [2.05, 4.69) is 29.8 Å². The summed E-state index contributed by atoms with van der Waals surface area (Å²) >= 11 is 12.9. The van der Waals surface area contributed by atoms with E-state index >= 15 is 0 Å². The van der Waals surface area contributed by atoms with Crippen LogP contribution in [0.4, 0.5) is 11.5 Å². The lowest BCUT2D eigenvalue weighted by atomic mass is 10.0. The first-order valence-electron chi connectivity index (χ1n) is 8.74. The van der Waals surface area contributed by atoms with Gasteiger partial charge < -0.3 is 9.88 Å². The molecule has 0 fully saturated rings. The highest BCUT2D eigenvalue weighted by molar-refractivity contribution is 6.39. The molecule has 6 nitrogen and oxygen atoms in total. The van der Waals surface area contributed by atoms with Crippen LogP contribution >= 0.6 is 23.2 Å². The zero-order valence-electron chi connectivity index (χ0n) is 14.6. The number of halogens is 2. The van der Waals surface area contributed by atoms with Crippen LogP contribution in [0.25, 0.3) is 22.5 Å². The highest BCUT2D eigenvalue weighted by Gasteiger charge is 2.24. The molecule has 138 valence electrons. The second kappa shape index (κ2) is 6.89. The molecule has 0 atom stereocenters. The molecule has 4 heterocycles. The lowest BCUT2D eigenvalue weighted by Gasteiger charge is -2.18. The molecule has 0 saturated carbocycles. The minimum atomic E-state index is 0.406. The van der Waals surface area contributed by atoms with Crippen molar-refractivity contribution < 1.29 is 0 Å². The van der Waals surface area contributed by atoms with Crippen LogP contribution in [0.15, 0.2) is 60.0 Å². The van der Waals surface area contributed by atoms with Gasteiger partial charge in [0.1, 0.15) is 11.6 Å². The normalized spacial score (nSPS) is 13.6. The van der Waals surface area contributed by atoms with Crippen LogP contribution in [-0.2, 0) is 6.54 Å². The van der Waals surface area contributed by atoms with Crippen molar-refractivity contribution in [2.75, 3.05) is 11.9 Å². The van der Waals surface area contributed by atoms with Gasteiger partial charge in [-0.05, 0) is 30.3 Å². The first-order chi connectivity index (χ1) is 13.7. The molecule has 1 N–H and O–H groups in total. The number of aromatic nitrogens is 4. The predicted molar refractivity (Wildman–Crippen MR) is 110 cm³/mol. The van der Waals surface area contributed by atoms with Gasteiger partial charge in [0.15, 0.2) is 0 Å². The third-order valence-corrected chi connectivity index (χ3v) is 5.25. The van der Waals surface area contributed by atoms with Crippen LogP contribution in [0.1, 0.15) is 0 Å². The van der Waals surface area contributed by atoms with Crippen molar-refractivity contribution in [2.45, 2.75) is 6.54 Å². The Hall–Kier alpha value is -2.96. The molecule has 0 amide bonds. The topological polar surface area (TPSA) is 68.0 Å². The molecule has 3 aliphatic heterocycles. The van der Waals surface area contributed by atoms with E-state index in [4.69, 9.17) is 23.2 Å². The van der Waals surface area contributed by atoms with Crippen molar-refractivity contribution in [2.24, 2.45) is 4.99 Å². The molecule has 0 unspecified atom stereocenters. The van der Waals surface area contributed by atoms with Gasteiger partial charge in [0, 0.05) is 48.4 Å². The first-order valence-corrected chi connectivity index (χ1v) is 9.50. The summed E-state index contributed by atoms with van der Waals surface area (Å²) in [5.41, 5.74) is 3.80. The summed E-state index contributed by atoms with van der Waals surface area (Å²) in [6.07, 6.45) is 5.16. The number of anilines is 1. The fourth-order valence-corrected chi connectivity index (χ4v) is 4.00. The minimum absolute atomic E-state index is 0.406. The van der Waals surface area contributed by atoms with Gasteiger partial charge >= 0.3 is 0 Å². The van der Waals surface area contributed by atoms with E-state index in [1.807, 2.05) is 36.4 Å². The molecule has 1 aromatic heterocycles. The van der Waals surface area contributed by atoms with Gasteiger partial charge in [0.05, 0.1) is 15.7 Å². The summed E-state index contributed by atoms with van der Waals surface area (Å²) in [7, 11) is 0. The molecule has 2 aromatic rings. The van der Waals surface area contributed by atoms with Crippen molar-refractivity contribution in [3.05, 3.63) is 70.7 Å². The van der Waals surface area contributed by atoms with Crippen molar-refractivity contribution in [1.29, 1.82) is 0 Å². The van der Waals surface area contributed by atoms with Crippen molar-refractivity contribution in [3.63, 3.8) is 0 Å². The highest BCUT2D eigenvalue weighted by atomic mass is 35.5. The van der Waals surface area contributed by atoms with Crippen LogP contribution in [-0.4, -0.2) is 26.1 Å². The van der Waals surface area contributed by atoms with E-state index in [0.29, 0.717) is 15.7 Å². The number of nitrogens with zero attached hydrogens (tertiary/aromatic N) is 5. The van der Waals surface area contributed by atoms with Crippen molar-refractivity contribution in [3.8, 4) is 22.5 Å². The summed E-state index contributed by atoms with van der Waals surface area (Å²) in [6, 6.07) is 11.2. The number of rotatable bonds is 2. The molecule has 28 heavy (non-hydrogen) atoms. The van der Waals surface area contributed by atoms with Gasteiger partial charge in [-0.25, -0.2) is 9.98 Å². The maximum atomic E-state index is 6.46. The Kier molecular flexibility index (Phi) is 4.22. The second-order valence-corrected chi connectivity index (χ2v) is 7.16. The lowest BCUT2D eigenvalue weighted by molar-refractivity contribution is 0.780. The number of hydrogen-bond acceptors (Lipinski definition) is 5. The molecule has 0 aliphatic carbocycles. The Morgan fingerprint density at radius 3 is 2.64 bits per heavy atom. The molecule has 0 bridgehead atoms. The molecule has 5 rings (SSSR count). The average molecular weight is 409 g/mol. The Bertz CT molecular complexity index is 1200. The van der Waals surface area contributed by atoms with Crippen LogP contribution in [0.5, 0.6) is 0 Å². The van der Waals surface area contributed by atoms with Crippen molar-refractivity contribution in [1.82, 2.24) is 19.5 Å². The minimum Gasteiger partial charge on any atom is -0.369 e. The smallest absolute Gasteiger partial charge is 0.251 e. The molecular formula is C20H14Cl2N6. The molecule has 0 spiro atoms. The van der Waals surface area contributed by atoms with Crippen LogP contribution in [0, 0.1) is 0 Å². The standard InChI is InChI=1S/C20H14Cl2N6/c21-15-2-1-3-16(22)17(15)14-10-12-11-25-20(26-13-4-6-23-7-5-13)27-18(12)28-9-8-24-19(14)28/h1-7,10-11,24H,8-9H2. The van der Waals surface area contributed by atoms with E-state index in [1.165, 1.54) is 0 Å². The Balaban J connectivity index is 1.74. The van der Waals surface area contributed by atoms with Crippen LogP contribution in [0.2, 0.25) is 10.0 Å². The summed E-state index contributed by atoms with van der Waals surface area (Å²) < 4.78 is 2.12.